The molecule has 0 aromatic rings. The summed E-state index contributed by atoms with van der Waals surface area (Å²) in [6, 6.07) is 0.588. The van der Waals surface area contributed by atoms with Gasteiger partial charge in [-0.25, -0.2) is 0 Å². The third-order valence-electron chi connectivity index (χ3n) is 1.85. The molecule has 0 aliphatic rings. The van der Waals surface area contributed by atoms with Gasteiger partial charge in [0.2, 0.25) is 0 Å². The third-order valence-corrected chi connectivity index (χ3v) is 1.85. The van der Waals surface area contributed by atoms with Crippen LogP contribution < -0.4 is 5.32 Å². The fraction of sp³-hybridized carbons (Fsp3) is 1.00. The molecule has 0 spiro atoms. The van der Waals surface area contributed by atoms with Crippen molar-refractivity contribution < 1.29 is 0 Å². The largest absolute Gasteiger partial charge is 0.311 e. The molecule has 0 fully saturated rings. The SMILES string of the molecule is CCCNC(CN(C)C)CN(C)C. The molecule has 0 bridgehead atoms. The summed E-state index contributed by atoms with van der Waals surface area (Å²) in [6.07, 6.45) is 1.21. The van der Waals surface area contributed by atoms with Crippen molar-refractivity contribution in [2.45, 2.75) is 19.4 Å². The molecule has 80 valence electrons. The predicted molar refractivity (Wildman–Crippen MR) is 59.2 cm³/mol. The van der Waals surface area contributed by atoms with E-state index in [-0.39, 0.29) is 0 Å². The first-order chi connectivity index (χ1) is 6.06. The van der Waals surface area contributed by atoms with Gasteiger partial charge in [-0.15, -0.1) is 0 Å². The summed E-state index contributed by atoms with van der Waals surface area (Å²) in [7, 11) is 8.49. The van der Waals surface area contributed by atoms with Gasteiger partial charge in [-0.2, -0.15) is 0 Å². The lowest BCUT2D eigenvalue weighted by atomic mass is 10.2. The first-order valence-corrected chi connectivity index (χ1v) is 5.09. The first kappa shape index (κ1) is 12.9. The molecule has 13 heavy (non-hydrogen) atoms. The van der Waals surface area contributed by atoms with E-state index in [0.717, 1.165) is 19.6 Å². The van der Waals surface area contributed by atoms with E-state index in [1.807, 2.05) is 0 Å². The Morgan fingerprint density at radius 2 is 1.46 bits per heavy atom. The maximum absolute atomic E-state index is 3.55. The normalized spacial score (nSPS) is 12.0. The highest BCUT2D eigenvalue weighted by Crippen LogP contribution is 1.90. The van der Waals surface area contributed by atoms with Crippen molar-refractivity contribution in [1.29, 1.82) is 0 Å². The van der Waals surface area contributed by atoms with Crippen molar-refractivity contribution in [1.82, 2.24) is 15.1 Å². The molecule has 0 aromatic heterocycles. The zero-order valence-electron chi connectivity index (χ0n) is 9.80. The molecule has 0 saturated heterocycles. The van der Waals surface area contributed by atoms with Crippen LogP contribution in [-0.2, 0) is 0 Å². The standard InChI is InChI=1S/C10H25N3/c1-6-7-11-10(8-12(2)3)9-13(4)5/h10-11H,6-9H2,1-5H3. The summed E-state index contributed by atoms with van der Waals surface area (Å²) in [5.74, 6) is 0. The summed E-state index contributed by atoms with van der Waals surface area (Å²) in [4.78, 5) is 4.47. The van der Waals surface area contributed by atoms with Crippen molar-refractivity contribution in [2.24, 2.45) is 0 Å². The molecule has 0 saturated carbocycles. The van der Waals surface area contributed by atoms with Crippen LogP contribution in [0.4, 0.5) is 0 Å². The molecule has 0 heterocycles. The summed E-state index contributed by atoms with van der Waals surface area (Å²) >= 11 is 0. The van der Waals surface area contributed by atoms with Gasteiger partial charge < -0.3 is 15.1 Å². The zero-order chi connectivity index (χ0) is 10.3. The van der Waals surface area contributed by atoms with Crippen LogP contribution in [0.1, 0.15) is 13.3 Å². The van der Waals surface area contributed by atoms with E-state index in [1.165, 1.54) is 6.42 Å². The minimum atomic E-state index is 0.588. The molecule has 0 aliphatic carbocycles. The van der Waals surface area contributed by atoms with Crippen molar-refractivity contribution in [3.8, 4) is 0 Å². The number of rotatable bonds is 7. The topological polar surface area (TPSA) is 18.5 Å². The van der Waals surface area contributed by atoms with Crippen LogP contribution in [0.5, 0.6) is 0 Å². The van der Waals surface area contributed by atoms with Crippen LogP contribution in [0.25, 0.3) is 0 Å². The Balaban J connectivity index is 3.73. The second-order valence-corrected chi connectivity index (χ2v) is 4.18. The molecule has 0 aromatic carbocycles. The lowest BCUT2D eigenvalue weighted by Gasteiger charge is -2.25. The maximum Gasteiger partial charge on any atom is 0.0322 e. The highest BCUT2D eigenvalue weighted by atomic mass is 15.1. The zero-order valence-corrected chi connectivity index (χ0v) is 9.80. The van der Waals surface area contributed by atoms with Crippen LogP contribution in [0, 0.1) is 0 Å². The van der Waals surface area contributed by atoms with Crippen molar-refractivity contribution in [3.63, 3.8) is 0 Å². The van der Waals surface area contributed by atoms with Gasteiger partial charge in [-0.05, 0) is 41.2 Å². The van der Waals surface area contributed by atoms with E-state index < -0.39 is 0 Å². The Morgan fingerprint density at radius 3 is 1.77 bits per heavy atom. The highest BCUT2D eigenvalue weighted by Gasteiger charge is 2.09. The minimum Gasteiger partial charge on any atom is -0.311 e. The second kappa shape index (κ2) is 7.30. The van der Waals surface area contributed by atoms with Gasteiger partial charge in [-0.1, -0.05) is 6.92 Å². The fourth-order valence-electron chi connectivity index (χ4n) is 1.42. The molecule has 0 rings (SSSR count). The van der Waals surface area contributed by atoms with E-state index in [0.29, 0.717) is 6.04 Å². The Labute approximate surface area is 83.1 Å². The van der Waals surface area contributed by atoms with E-state index in [4.69, 9.17) is 0 Å². The van der Waals surface area contributed by atoms with Gasteiger partial charge in [0.25, 0.3) is 0 Å². The van der Waals surface area contributed by atoms with Crippen LogP contribution in [-0.4, -0.2) is 63.7 Å². The summed E-state index contributed by atoms with van der Waals surface area (Å²) < 4.78 is 0. The van der Waals surface area contributed by atoms with Crippen molar-refractivity contribution >= 4 is 0 Å². The number of hydrogen-bond donors (Lipinski definition) is 1. The molecular weight excluding hydrogens is 162 g/mol. The van der Waals surface area contributed by atoms with Crippen molar-refractivity contribution in [3.05, 3.63) is 0 Å². The summed E-state index contributed by atoms with van der Waals surface area (Å²) in [5, 5.41) is 3.55. The van der Waals surface area contributed by atoms with Crippen LogP contribution in [0.3, 0.4) is 0 Å². The van der Waals surface area contributed by atoms with Gasteiger partial charge in [0.15, 0.2) is 0 Å². The summed E-state index contributed by atoms with van der Waals surface area (Å²) in [6.45, 7) is 5.54. The van der Waals surface area contributed by atoms with E-state index in [9.17, 15) is 0 Å². The Kier molecular flexibility index (Phi) is 7.23. The first-order valence-electron chi connectivity index (χ1n) is 5.09. The molecular formula is C10H25N3. The number of nitrogens with zero attached hydrogens (tertiary/aromatic N) is 2. The molecule has 3 heteroatoms. The number of hydrogen-bond acceptors (Lipinski definition) is 3. The quantitative estimate of drug-likeness (QED) is 0.625. The highest BCUT2D eigenvalue weighted by molar-refractivity contribution is 4.71. The Hall–Kier alpha value is -0.120. The average molecular weight is 187 g/mol. The number of nitrogens with one attached hydrogen (secondary N) is 1. The molecule has 1 N–H and O–H groups in total. The van der Waals surface area contributed by atoms with Gasteiger partial charge >= 0.3 is 0 Å². The van der Waals surface area contributed by atoms with Crippen molar-refractivity contribution in [2.75, 3.05) is 47.8 Å². The Bertz CT molecular complexity index is 103. The molecule has 0 aliphatic heterocycles. The third kappa shape index (κ3) is 8.22. The van der Waals surface area contributed by atoms with Gasteiger partial charge in [0.05, 0.1) is 0 Å². The smallest absolute Gasteiger partial charge is 0.0322 e. The van der Waals surface area contributed by atoms with E-state index in [1.54, 1.807) is 0 Å². The predicted octanol–water partition coefficient (Wildman–Crippen LogP) is 0.478. The van der Waals surface area contributed by atoms with Gasteiger partial charge in [0, 0.05) is 19.1 Å². The lowest BCUT2D eigenvalue weighted by molar-refractivity contribution is 0.276. The Morgan fingerprint density at radius 1 is 1.00 bits per heavy atom. The van der Waals surface area contributed by atoms with E-state index >= 15 is 0 Å². The maximum atomic E-state index is 3.55. The average Bonchev–Trinajstić information content (AvgIpc) is 1.98. The molecule has 0 atom stereocenters. The molecule has 0 radical (unpaired) electrons. The van der Waals surface area contributed by atoms with Crippen LogP contribution >= 0.6 is 0 Å². The van der Waals surface area contributed by atoms with Crippen LogP contribution in [0.2, 0.25) is 0 Å². The fourth-order valence-corrected chi connectivity index (χ4v) is 1.42. The van der Waals surface area contributed by atoms with Gasteiger partial charge in [-0.3, -0.25) is 0 Å². The van der Waals surface area contributed by atoms with Gasteiger partial charge in [0.1, 0.15) is 0 Å². The number of likely N-dealkylation sites (N-methyl/N-ethyl adjacent to an activating group) is 2. The molecule has 3 nitrogen and oxygen atoms in total. The van der Waals surface area contributed by atoms with Crippen LogP contribution in [0.15, 0.2) is 0 Å². The minimum absolute atomic E-state index is 0.588. The molecule has 0 amide bonds. The summed E-state index contributed by atoms with van der Waals surface area (Å²) in [5.41, 5.74) is 0. The monoisotopic (exact) mass is 187 g/mol. The van der Waals surface area contributed by atoms with E-state index in [2.05, 4.69) is 50.2 Å². The lowest BCUT2D eigenvalue weighted by Crippen LogP contribution is -2.45. The second-order valence-electron chi connectivity index (χ2n) is 4.18. The molecule has 0 unspecified atom stereocenters.